The molecule has 3 rings (SSSR count). The van der Waals surface area contributed by atoms with Crippen molar-refractivity contribution in [3.05, 3.63) is 65.7 Å². The molecule has 0 aromatic heterocycles. The van der Waals surface area contributed by atoms with Crippen LogP contribution in [0.25, 0.3) is 0 Å². The third-order valence-electron chi connectivity index (χ3n) is 5.73. The second-order valence-corrected chi connectivity index (χ2v) is 7.47. The van der Waals surface area contributed by atoms with E-state index in [1.54, 1.807) is 7.11 Å². The number of amides is 1. The Kier molecular flexibility index (Phi) is 7.49. The molecule has 1 saturated heterocycles. The molecule has 1 aliphatic rings. The molecule has 0 bridgehead atoms. The van der Waals surface area contributed by atoms with Gasteiger partial charge in [-0.2, -0.15) is 0 Å². The van der Waals surface area contributed by atoms with Crippen LogP contribution in [-0.4, -0.2) is 37.6 Å². The van der Waals surface area contributed by atoms with Crippen molar-refractivity contribution in [2.75, 3.05) is 26.7 Å². The first-order chi connectivity index (χ1) is 13.7. The molecule has 1 N–H and O–H groups in total. The van der Waals surface area contributed by atoms with Crippen LogP contribution in [0.3, 0.4) is 0 Å². The van der Waals surface area contributed by atoms with Crippen molar-refractivity contribution in [2.24, 2.45) is 0 Å². The maximum Gasteiger partial charge on any atom is 0.227 e. The average molecular weight is 381 g/mol. The van der Waals surface area contributed by atoms with Gasteiger partial charge in [0.25, 0.3) is 0 Å². The number of carbonyl (C=O) groups excluding carboxylic acids is 1. The normalized spacial score (nSPS) is 16.9. The highest BCUT2D eigenvalue weighted by Gasteiger charge is 2.26. The molecule has 1 aliphatic heterocycles. The maximum absolute atomic E-state index is 13.0. The summed E-state index contributed by atoms with van der Waals surface area (Å²) in [6, 6.07) is 18.4. The highest BCUT2D eigenvalue weighted by molar-refractivity contribution is 5.83. The number of hydrogen-bond donors (Lipinski definition) is 1. The molecule has 0 saturated carbocycles. The topological polar surface area (TPSA) is 41.6 Å². The molecular weight excluding hydrogens is 348 g/mol. The SMILES string of the molecule is CCC(C(=O)NCC(c1ccccc1OC)N1CCCCC1)c1ccccc1. The zero-order valence-corrected chi connectivity index (χ0v) is 17.1. The second kappa shape index (κ2) is 10.3. The Balaban J connectivity index is 1.76. The zero-order chi connectivity index (χ0) is 19.8. The highest BCUT2D eigenvalue weighted by Crippen LogP contribution is 2.31. The number of para-hydroxylation sites is 1. The van der Waals surface area contributed by atoms with Gasteiger partial charge in [0.05, 0.1) is 19.1 Å². The van der Waals surface area contributed by atoms with E-state index in [-0.39, 0.29) is 17.9 Å². The number of carbonyl (C=O) groups is 1. The maximum atomic E-state index is 13.0. The number of nitrogens with zero attached hydrogens (tertiary/aromatic N) is 1. The standard InChI is InChI=1S/C24H32N2O2/c1-3-20(19-12-6-4-7-13-19)24(27)25-18-22(26-16-10-5-11-17-26)21-14-8-9-15-23(21)28-2/h4,6-9,12-15,20,22H,3,5,10-11,16-18H2,1-2H3,(H,25,27). The van der Waals surface area contributed by atoms with E-state index in [0.717, 1.165) is 36.4 Å². The van der Waals surface area contributed by atoms with Crippen LogP contribution in [0, 0.1) is 0 Å². The third-order valence-corrected chi connectivity index (χ3v) is 5.73. The lowest BCUT2D eigenvalue weighted by molar-refractivity contribution is -0.122. The summed E-state index contributed by atoms with van der Waals surface area (Å²) in [5.41, 5.74) is 2.23. The van der Waals surface area contributed by atoms with Gasteiger partial charge in [-0.1, -0.05) is 61.9 Å². The molecule has 1 heterocycles. The lowest BCUT2D eigenvalue weighted by Crippen LogP contribution is -2.41. The molecule has 0 aliphatic carbocycles. The predicted octanol–water partition coefficient (Wildman–Crippen LogP) is 4.53. The van der Waals surface area contributed by atoms with Gasteiger partial charge < -0.3 is 10.1 Å². The van der Waals surface area contributed by atoms with Crippen LogP contribution in [0.2, 0.25) is 0 Å². The first kappa shape index (κ1) is 20.4. The van der Waals surface area contributed by atoms with E-state index in [0.29, 0.717) is 6.54 Å². The van der Waals surface area contributed by atoms with Gasteiger partial charge in [-0.25, -0.2) is 0 Å². The summed E-state index contributed by atoms with van der Waals surface area (Å²) in [6.07, 6.45) is 4.49. The van der Waals surface area contributed by atoms with Crippen molar-refractivity contribution in [3.8, 4) is 5.75 Å². The second-order valence-electron chi connectivity index (χ2n) is 7.47. The van der Waals surface area contributed by atoms with Gasteiger partial charge >= 0.3 is 0 Å². The molecule has 2 aromatic carbocycles. The van der Waals surface area contributed by atoms with Crippen molar-refractivity contribution < 1.29 is 9.53 Å². The van der Waals surface area contributed by atoms with E-state index in [2.05, 4.69) is 29.3 Å². The summed E-state index contributed by atoms with van der Waals surface area (Å²) < 4.78 is 5.62. The Bertz CT molecular complexity index is 741. The summed E-state index contributed by atoms with van der Waals surface area (Å²) in [6.45, 7) is 4.80. The number of piperidine rings is 1. The minimum absolute atomic E-state index is 0.102. The Morgan fingerprint density at radius 1 is 1.04 bits per heavy atom. The van der Waals surface area contributed by atoms with E-state index in [9.17, 15) is 4.79 Å². The van der Waals surface area contributed by atoms with Crippen LogP contribution in [0.5, 0.6) is 5.75 Å². The highest BCUT2D eigenvalue weighted by atomic mass is 16.5. The molecule has 1 fully saturated rings. The number of benzene rings is 2. The fourth-order valence-corrected chi connectivity index (χ4v) is 4.19. The molecule has 2 aromatic rings. The summed E-state index contributed by atoms with van der Waals surface area (Å²) >= 11 is 0. The number of ether oxygens (including phenoxy) is 1. The molecular formula is C24H32N2O2. The Labute approximate surface area is 168 Å². The zero-order valence-electron chi connectivity index (χ0n) is 17.1. The first-order valence-corrected chi connectivity index (χ1v) is 10.4. The van der Waals surface area contributed by atoms with Gasteiger partial charge in [0.2, 0.25) is 5.91 Å². The van der Waals surface area contributed by atoms with E-state index in [1.807, 2.05) is 42.5 Å². The lowest BCUT2D eigenvalue weighted by atomic mass is 9.95. The fraction of sp³-hybridized carbons (Fsp3) is 0.458. The van der Waals surface area contributed by atoms with Gasteiger partial charge in [0.1, 0.15) is 5.75 Å². The minimum Gasteiger partial charge on any atom is -0.496 e. The summed E-state index contributed by atoms with van der Waals surface area (Å²) in [5, 5.41) is 3.24. The minimum atomic E-state index is -0.110. The summed E-state index contributed by atoms with van der Waals surface area (Å²) in [5.74, 6) is 0.883. The number of rotatable bonds is 8. The quantitative estimate of drug-likeness (QED) is 0.731. The van der Waals surface area contributed by atoms with E-state index in [1.165, 1.54) is 19.3 Å². The smallest absolute Gasteiger partial charge is 0.227 e. The largest absolute Gasteiger partial charge is 0.496 e. The van der Waals surface area contributed by atoms with Crippen LogP contribution in [0.4, 0.5) is 0 Å². The van der Waals surface area contributed by atoms with Crippen LogP contribution >= 0.6 is 0 Å². The summed E-state index contributed by atoms with van der Waals surface area (Å²) in [4.78, 5) is 15.5. The summed E-state index contributed by atoms with van der Waals surface area (Å²) in [7, 11) is 1.72. The number of methoxy groups -OCH3 is 1. The molecule has 0 spiro atoms. The Hall–Kier alpha value is -2.33. The third kappa shape index (κ3) is 4.93. The molecule has 2 unspecified atom stereocenters. The van der Waals surface area contributed by atoms with Crippen molar-refractivity contribution >= 4 is 5.91 Å². The van der Waals surface area contributed by atoms with Crippen molar-refractivity contribution in [1.29, 1.82) is 0 Å². The van der Waals surface area contributed by atoms with E-state index in [4.69, 9.17) is 4.74 Å². The molecule has 4 nitrogen and oxygen atoms in total. The van der Waals surface area contributed by atoms with Gasteiger partial charge in [-0.15, -0.1) is 0 Å². The van der Waals surface area contributed by atoms with E-state index < -0.39 is 0 Å². The first-order valence-electron chi connectivity index (χ1n) is 10.4. The van der Waals surface area contributed by atoms with Crippen molar-refractivity contribution in [2.45, 2.75) is 44.6 Å². The molecule has 0 radical (unpaired) electrons. The van der Waals surface area contributed by atoms with Crippen LogP contribution in [0.1, 0.15) is 55.7 Å². The predicted molar refractivity (Wildman–Crippen MR) is 114 cm³/mol. The Morgan fingerprint density at radius 3 is 2.39 bits per heavy atom. The van der Waals surface area contributed by atoms with Crippen LogP contribution < -0.4 is 10.1 Å². The van der Waals surface area contributed by atoms with Gasteiger partial charge in [-0.05, 0) is 44.0 Å². The average Bonchev–Trinajstić information content (AvgIpc) is 2.76. The monoisotopic (exact) mass is 380 g/mol. The Morgan fingerprint density at radius 2 is 1.71 bits per heavy atom. The lowest BCUT2D eigenvalue weighted by Gasteiger charge is -2.35. The molecule has 4 heteroatoms. The number of likely N-dealkylation sites (tertiary alicyclic amines) is 1. The van der Waals surface area contributed by atoms with Gasteiger partial charge in [0.15, 0.2) is 0 Å². The number of hydrogen-bond acceptors (Lipinski definition) is 3. The molecule has 1 amide bonds. The van der Waals surface area contributed by atoms with Crippen LogP contribution in [-0.2, 0) is 4.79 Å². The molecule has 150 valence electrons. The number of nitrogens with one attached hydrogen (secondary N) is 1. The van der Waals surface area contributed by atoms with Crippen molar-refractivity contribution in [3.63, 3.8) is 0 Å². The van der Waals surface area contributed by atoms with Crippen LogP contribution in [0.15, 0.2) is 54.6 Å². The van der Waals surface area contributed by atoms with Gasteiger partial charge in [-0.3, -0.25) is 9.69 Å². The van der Waals surface area contributed by atoms with Gasteiger partial charge in [0, 0.05) is 12.1 Å². The molecule has 2 atom stereocenters. The van der Waals surface area contributed by atoms with Crippen molar-refractivity contribution in [1.82, 2.24) is 10.2 Å². The molecule has 28 heavy (non-hydrogen) atoms. The fourth-order valence-electron chi connectivity index (χ4n) is 4.19. The van der Waals surface area contributed by atoms with E-state index >= 15 is 0 Å².